The Morgan fingerprint density at radius 2 is 1.63 bits per heavy atom. The number of nitrogens with zero attached hydrogens (tertiary/aromatic N) is 7. The van der Waals surface area contributed by atoms with Crippen molar-refractivity contribution in [2.24, 2.45) is 22.2 Å². The summed E-state index contributed by atoms with van der Waals surface area (Å²) in [6, 6.07) is 22.1. The molecule has 7 aromatic rings. The number of thiazole rings is 2. The second kappa shape index (κ2) is 26.7. The zero-order valence-corrected chi connectivity index (χ0v) is 57.2. The first-order valence-electron chi connectivity index (χ1n) is 32.1. The molecule has 3 aromatic carbocycles. The van der Waals surface area contributed by atoms with Crippen LogP contribution in [0.1, 0.15) is 148 Å². The summed E-state index contributed by atoms with van der Waals surface area (Å²) >= 11 is 2.94. The number of aliphatic hydroxyl groups excluding tert-OH is 1. The standard InChI is InChI=1S/C69H86N12O9S3/c1-41(44-20-22-46(23-21-44)59-42(2)71-40-91-59)73-62(85)53-33-47(82)35-80(53)64(87)60(66(4,5)6)76-57(83)19-14-32-93(88,89)78-63(86)58-48(50-34-72-81(43(50)3)37-55-67(7)27-28-68(55,8)39-69(9,38-67)90-31-29-70-10)24-25-56(75-58)79-30-26-45-15-13-16-49(51(45)36-79)61(84)77-65-74-52-17-11-12-18-54(52)92-65/h11-13,15-18,20-25,34,40-41,47,53,55,60,70,82H,14,19,26-33,35-39H2,1-10H3,(H,73,85)(H,76,83)(H,78,86)(H,74,77,84)/t41-,47+,53-,55?,60+,67?,68?,69?/m0/s1. The molecule has 0 spiro atoms. The first kappa shape index (κ1) is 67.0. The SMILES string of the molecule is CNCCOC1(C)CC2(C)CCC(C)(C1)C2Cn1ncc(-c2ccc(N3CCc4cccc(C(=O)Nc5nc6ccccc6s5)c4C3)nc2C(=O)NS(=O)(=O)CCCC(=O)N[C@H](C(=O)N2C[C@H](O)C[C@H]2C(=O)N[C@@H](C)c2ccc(-c3scnc3C)cc2)C(C)(C)C)c1C. The van der Waals surface area contributed by atoms with Gasteiger partial charge in [0.25, 0.3) is 11.8 Å². The van der Waals surface area contributed by atoms with Crippen molar-refractivity contribution < 1.29 is 42.2 Å². The molecule has 6 N–H and O–H groups in total. The number of fused-ring (bicyclic) bond motifs is 4. The molecule has 2 aliphatic heterocycles. The average Bonchev–Trinajstić information content (AvgIpc) is 1.58. The van der Waals surface area contributed by atoms with Crippen molar-refractivity contribution in [1.82, 2.24) is 50.3 Å². The minimum absolute atomic E-state index is 0.00114. The fourth-order valence-electron chi connectivity index (χ4n) is 15.0. The van der Waals surface area contributed by atoms with E-state index < -0.39 is 69.0 Å². The Labute approximate surface area is 552 Å². The van der Waals surface area contributed by atoms with E-state index in [2.05, 4.69) is 56.7 Å². The lowest BCUT2D eigenvalue weighted by atomic mass is 9.57. The van der Waals surface area contributed by atoms with Crippen molar-refractivity contribution >= 4 is 83.4 Å². The molecule has 5 amide bonds. The van der Waals surface area contributed by atoms with Gasteiger partial charge in [0.05, 0.1) is 62.6 Å². The van der Waals surface area contributed by atoms with Gasteiger partial charge in [0.2, 0.25) is 27.7 Å². The summed E-state index contributed by atoms with van der Waals surface area (Å²) in [6.07, 6.45) is 4.71. The number of aromatic nitrogens is 5. The molecule has 2 saturated carbocycles. The maximum absolute atomic E-state index is 14.8. The van der Waals surface area contributed by atoms with Crippen LogP contribution >= 0.6 is 22.7 Å². The predicted octanol–water partition coefficient (Wildman–Crippen LogP) is 9.53. The topological polar surface area (TPSA) is 272 Å². The summed E-state index contributed by atoms with van der Waals surface area (Å²) in [6.45, 7) is 20.7. The van der Waals surface area contributed by atoms with Crippen LogP contribution in [-0.4, -0.2) is 136 Å². The number of sulfonamides is 1. The summed E-state index contributed by atoms with van der Waals surface area (Å²) in [4.78, 5) is 89.5. The highest BCUT2D eigenvalue weighted by molar-refractivity contribution is 7.90. The number of amides is 5. The molecule has 93 heavy (non-hydrogen) atoms. The highest BCUT2D eigenvalue weighted by atomic mass is 32.2. The molecule has 11 rings (SSSR count). The van der Waals surface area contributed by atoms with Gasteiger partial charge in [-0.2, -0.15) is 5.10 Å². The molecule has 2 unspecified atom stereocenters. The van der Waals surface area contributed by atoms with E-state index in [0.717, 1.165) is 81.0 Å². The van der Waals surface area contributed by atoms with Crippen LogP contribution in [0.3, 0.4) is 0 Å². The Kier molecular flexibility index (Phi) is 19.2. The average molecular weight is 1320 g/mol. The number of likely N-dealkylation sites (N-methyl/N-ethyl adjacent to an activating group) is 1. The van der Waals surface area contributed by atoms with Gasteiger partial charge in [-0.05, 0) is 148 Å². The Balaban J connectivity index is 0.790. The van der Waals surface area contributed by atoms with Crippen molar-refractivity contribution in [3.05, 3.63) is 130 Å². The van der Waals surface area contributed by atoms with E-state index >= 15 is 0 Å². The van der Waals surface area contributed by atoms with Crippen molar-refractivity contribution in [2.45, 2.75) is 157 Å². The van der Waals surface area contributed by atoms with Crippen LogP contribution in [0.25, 0.3) is 31.8 Å². The van der Waals surface area contributed by atoms with E-state index in [-0.39, 0.29) is 66.3 Å². The first-order chi connectivity index (χ1) is 44.1. The van der Waals surface area contributed by atoms with E-state index in [4.69, 9.17) is 14.8 Å². The summed E-state index contributed by atoms with van der Waals surface area (Å²) in [5.41, 5.74) is 8.08. The third-order valence-corrected chi connectivity index (χ3v) is 22.9. The van der Waals surface area contributed by atoms with Crippen molar-refractivity contribution in [3.8, 4) is 21.6 Å². The smallest absolute Gasteiger partial charge is 0.284 e. The molecule has 0 radical (unpaired) electrons. The summed E-state index contributed by atoms with van der Waals surface area (Å²) < 4.78 is 40.1. The van der Waals surface area contributed by atoms with Gasteiger partial charge in [-0.15, -0.1) is 11.3 Å². The van der Waals surface area contributed by atoms with Gasteiger partial charge in [0.1, 0.15) is 23.6 Å². The lowest BCUT2D eigenvalue weighted by Crippen LogP contribution is -2.57. The largest absolute Gasteiger partial charge is 0.391 e. The number of ether oxygens (including phenoxy) is 1. The van der Waals surface area contributed by atoms with Crippen LogP contribution in [0.4, 0.5) is 10.9 Å². The number of hydrogen-bond acceptors (Lipinski definition) is 17. The number of carbonyl (C=O) groups is 5. The van der Waals surface area contributed by atoms with Gasteiger partial charge < -0.3 is 35.6 Å². The molecule has 2 bridgehead atoms. The van der Waals surface area contributed by atoms with Crippen LogP contribution in [0.5, 0.6) is 0 Å². The van der Waals surface area contributed by atoms with Crippen molar-refractivity contribution in [1.29, 1.82) is 0 Å². The highest BCUT2D eigenvalue weighted by Crippen LogP contribution is 2.65. The number of β-amino-alcohol motifs (C(OH)–C–C–N with tert-alkyl or cyclic N) is 1. The number of aliphatic hydroxyl groups is 1. The Morgan fingerprint density at radius 3 is 2.33 bits per heavy atom. The van der Waals surface area contributed by atoms with Crippen molar-refractivity contribution in [3.63, 3.8) is 0 Å². The quantitative estimate of drug-likeness (QED) is 0.0345. The molecular formula is C69H86N12O9S3. The van der Waals surface area contributed by atoms with Crippen LogP contribution in [0.2, 0.25) is 0 Å². The summed E-state index contributed by atoms with van der Waals surface area (Å²) in [5, 5.41) is 28.3. The molecule has 4 aromatic heterocycles. The number of hydrogen-bond donors (Lipinski definition) is 6. The lowest BCUT2D eigenvalue weighted by molar-refractivity contribution is -0.144. The second-order valence-electron chi connectivity index (χ2n) is 27.8. The van der Waals surface area contributed by atoms with E-state index in [0.29, 0.717) is 53.8 Å². The number of benzene rings is 3. The molecule has 494 valence electrons. The summed E-state index contributed by atoms with van der Waals surface area (Å²) in [7, 11) is -2.50. The maximum Gasteiger partial charge on any atom is 0.284 e. The zero-order chi connectivity index (χ0) is 66.4. The monoisotopic (exact) mass is 1320 g/mol. The fourth-order valence-corrected chi connectivity index (χ4v) is 17.7. The molecule has 24 heteroatoms. The van der Waals surface area contributed by atoms with Crippen molar-refractivity contribution in [2.75, 3.05) is 49.3 Å². The second-order valence-corrected chi connectivity index (χ2v) is 31.5. The highest BCUT2D eigenvalue weighted by Gasteiger charge is 2.60. The van der Waals surface area contributed by atoms with Crippen LogP contribution < -0.4 is 30.9 Å². The van der Waals surface area contributed by atoms with E-state index in [1.54, 1.807) is 55.9 Å². The number of para-hydroxylation sites is 1. The summed E-state index contributed by atoms with van der Waals surface area (Å²) in [5.74, 6) is -2.86. The first-order valence-corrected chi connectivity index (χ1v) is 35.5. The Hall–Kier alpha value is -7.48. The number of nitrogens with one attached hydrogen (secondary N) is 5. The Morgan fingerprint density at radius 1 is 0.892 bits per heavy atom. The van der Waals surface area contributed by atoms with Crippen LogP contribution in [-0.2, 0) is 48.7 Å². The van der Waals surface area contributed by atoms with Gasteiger partial charge in [0.15, 0.2) is 5.13 Å². The molecule has 2 aliphatic carbocycles. The normalized spacial score (nSPS) is 22.7. The molecule has 3 fully saturated rings. The number of pyridine rings is 1. The van der Waals surface area contributed by atoms with Gasteiger partial charge in [-0.3, -0.25) is 34.0 Å². The third-order valence-electron chi connectivity index (χ3n) is 19.6. The Bertz CT molecular complexity index is 4030. The number of rotatable bonds is 22. The molecule has 21 nitrogen and oxygen atoms in total. The number of likely N-dealkylation sites (tertiary alicyclic amines) is 1. The number of carbonyl (C=O) groups excluding carboxylic acids is 5. The van der Waals surface area contributed by atoms with Gasteiger partial charge in [-0.1, -0.05) is 94.5 Å². The molecular weight excluding hydrogens is 1240 g/mol. The predicted molar refractivity (Wildman–Crippen MR) is 362 cm³/mol. The molecule has 1 saturated heterocycles. The number of anilines is 2. The minimum atomic E-state index is -4.43. The molecule has 6 atom stereocenters. The van der Waals surface area contributed by atoms with E-state index in [1.165, 1.54) is 16.2 Å². The van der Waals surface area contributed by atoms with Gasteiger partial charge in [-0.25, -0.2) is 28.1 Å². The molecule has 6 heterocycles. The van der Waals surface area contributed by atoms with Crippen LogP contribution in [0.15, 0.2) is 90.6 Å². The van der Waals surface area contributed by atoms with Gasteiger partial charge in [0, 0.05) is 67.9 Å². The van der Waals surface area contributed by atoms with E-state index in [1.807, 2.05) is 104 Å². The van der Waals surface area contributed by atoms with E-state index in [9.17, 15) is 37.5 Å². The minimum Gasteiger partial charge on any atom is -0.391 e. The number of aryl methyl sites for hydroxylation is 1. The molecule has 4 aliphatic rings. The maximum atomic E-state index is 14.8. The third kappa shape index (κ3) is 14.5. The fraction of sp³-hybridized carbons (Fsp3) is 0.493. The van der Waals surface area contributed by atoms with Crippen LogP contribution in [0, 0.1) is 36.0 Å². The lowest BCUT2D eigenvalue weighted by Gasteiger charge is -2.52. The van der Waals surface area contributed by atoms with Gasteiger partial charge >= 0.3 is 0 Å². The zero-order valence-electron chi connectivity index (χ0n) is 54.7.